The third kappa shape index (κ3) is 30.8. The molecule has 0 radical (unpaired) electrons. The fourth-order valence-corrected chi connectivity index (χ4v) is 3.76. The quantitative estimate of drug-likeness (QED) is 0.0837. The molecule has 1 rings (SSSR count). The van der Waals surface area contributed by atoms with E-state index in [-0.39, 0.29) is 5.91 Å². The van der Waals surface area contributed by atoms with Crippen LogP contribution in [0.1, 0.15) is 32.6 Å². The van der Waals surface area contributed by atoms with E-state index in [9.17, 15) is 4.79 Å². The molecular weight excluding hydrogens is 610 g/mol. The van der Waals surface area contributed by atoms with E-state index in [1.165, 1.54) is 19.8 Å². The molecule has 262 valence electrons. The van der Waals surface area contributed by atoms with Crippen LogP contribution in [0, 0.1) is 0 Å². The molecule has 0 spiro atoms. The van der Waals surface area contributed by atoms with Gasteiger partial charge in [0, 0.05) is 25.1 Å². The Hall–Kier alpha value is -1.58. The third-order valence-electron chi connectivity index (χ3n) is 5.82. The molecule has 1 aromatic rings. The van der Waals surface area contributed by atoms with Crippen molar-refractivity contribution in [3.05, 3.63) is 24.3 Å². The summed E-state index contributed by atoms with van der Waals surface area (Å²) < 4.78 is 55.0. The molecule has 0 aliphatic rings. The minimum atomic E-state index is -0.106. The second-order valence-corrected chi connectivity index (χ2v) is 10.0. The minimum absolute atomic E-state index is 0.106. The molecule has 1 N–H and O–H groups in total. The van der Waals surface area contributed by atoms with Gasteiger partial charge in [0.15, 0.2) is 0 Å². The van der Waals surface area contributed by atoms with E-state index in [0.29, 0.717) is 119 Å². The average molecular weight is 666 g/mol. The average Bonchev–Trinajstić information content (AvgIpc) is 3.04. The van der Waals surface area contributed by atoms with Gasteiger partial charge < -0.3 is 52.7 Å². The lowest BCUT2D eigenvalue weighted by Gasteiger charge is -2.09. The van der Waals surface area contributed by atoms with Crippen molar-refractivity contribution in [3.8, 4) is 5.75 Å². The molecular formula is C32H56ClNO11. The van der Waals surface area contributed by atoms with E-state index >= 15 is 0 Å². The van der Waals surface area contributed by atoms with Crippen LogP contribution in [0.2, 0.25) is 0 Å². The number of nitrogens with one attached hydrogen (secondary N) is 1. The van der Waals surface area contributed by atoms with Gasteiger partial charge in [0.1, 0.15) is 12.4 Å². The van der Waals surface area contributed by atoms with Crippen molar-refractivity contribution in [2.45, 2.75) is 32.6 Å². The molecule has 0 heterocycles. The monoisotopic (exact) mass is 665 g/mol. The Morgan fingerprint density at radius 3 is 1.18 bits per heavy atom. The second-order valence-electron chi connectivity index (χ2n) is 9.67. The summed E-state index contributed by atoms with van der Waals surface area (Å²) in [7, 11) is 0. The highest BCUT2D eigenvalue weighted by atomic mass is 35.5. The predicted molar refractivity (Wildman–Crippen MR) is 173 cm³/mol. The van der Waals surface area contributed by atoms with Gasteiger partial charge in [0.2, 0.25) is 5.91 Å². The number of anilines is 1. The van der Waals surface area contributed by atoms with Crippen molar-refractivity contribution in [2.75, 3.05) is 137 Å². The van der Waals surface area contributed by atoms with Crippen molar-refractivity contribution in [1.82, 2.24) is 0 Å². The Kier molecular flexibility index (Phi) is 31.1. The van der Waals surface area contributed by atoms with Crippen molar-refractivity contribution in [2.24, 2.45) is 0 Å². The van der Waals surface area contributed by atoms with E-state index in [1.807, 2.05) is 0 Å². The van der Waals surface area contributed by atoms with Crippen molar-refractivity contribution in [3.63, 3.8) is 0 Å². The summed E-state index contributed by atoms with van der Waals surface area (Å²) in [5, 5.41) is 2.71. The molecule has 1 aromatic carbocycles. The summed E-state index contributed by atoms with van der Waals surface area (Å²) >= 11 is 5.65. The number of halogens is 1. The SMILES string of the molecule is CC(=O)Nc1ccc(OCCOCCOCCOCCOCCOCCOCCOCCOCCOCCCCCCCl)cc1. The first-order valence-corrected chi connectivity index (χ1v) is 16.5. The first-order valence-electron chi connectivity index (χ1n) is 16.0. The van der Waals surface area contributed by atoms with Crippen LogP contribution in [0.4, 0.5) is 5.69 Å². The number of carbonyl (C=O) groups excluding carboxylic acids is 1. The molecule has 0 saturated carbocycles. The molecule has 0 unspecified atom stereocenters. The number of unbranched alkanes of at least 4 members (excludes halogenated alkanes) is 3. The Balaban J connectivity index is 1.66. The summed E-state index contributed by atoms with van der Waals surface area (Å²) in [6, 6.07) is 7.18. The number of hydrogen-bond acceptors (Lipinski definition) is 11. The van der Waals surface area contributed by atoms with Gasteiger partial charge in [-0.1, -0.05) is 12.8 Å². The van der Waals surface area contributed by atoms with Crippen LogP contribution < -0.4 is 10.1 Å². The lowest BCUT2D eigenvalue weighted by Crippen LogP contribution is -2.15. The number of rotatable bonds is 35. The van der Waals surface area contributed by atoms with Crippen LogP contribution in [0.15, 0.2) is 24.3 Å². The van der Waals surface area contributed by atoms with E-state index in [4.69, 9.17) is 59.0 Å². The highest BCUT2D eigenvalue weighted by molar-refractivity contribution is 6.17. The number of alkyl halides is 1. The highest BCUT2D eigenvalue weighted by Crippen LogP contribution is 2.15. The van der Waals surface area contributed by atoms with E-state index in [1.54, 1.807) is 24.3 Å². The molecule has 45 heavy (non-hydrogen) atoms. The molecule has 0 bridgehead atoms. The first kappa shape index (κ1) is 41.4. The number of ether oxygens (including phenoxy) is 10. The topological polar surface area (TPSA) is 121 Å². The fraction of sp³-hybridized carbons (Fsp3) is 0.781. The van der Waals surface area contributed by atoms with Gasteiger partial charge in [-0.15, -0.1) is 11.6 Å². The zero-order valence-electron chi connectivity index (χ0n) is 27.1. The summed E-state index contributed by atoms with van der Waals surface area (Å²) in [4.78, 5) is 11.0. The molecule has 1 amide bonds. The Morgan fingerprint density at radius 1 is 0.489 bits per heavy atom. The zero-order chi connectivity index (χ0) is 32.3. The molecule has 0 saturated heterocycles. The summed E-state index contributed by atoms with van der Waals surface area (Å²) in [6.45, 7) is 11.5. The van der Waals surface area contributed by atoms with Crippen LogP contribution in [0.3, 0.4) is 0 Å². The Labute approximate surface area is 274 Å². The summed E-state index contributed by atoms with van der Waals surface area (Å²) in [6.07, 6.45) is 4.49. The fourth-order valence-electron chi connectivity index (χ4n) is 3.57. The predicted octanol–water partition coefficient (Wildman–Crippen LogP) is 3.97. The molecule has 12 nitrogen and oxygen atoms in total. The van der Waals surface area contributed by atoms with Crippen molar-refractivity contribution in [1.29, 1.82) is 0 Å². The van der Waals surface area contributed by atoms with Gasteiger partial charge in [-0.05, 0) is 37.1 Å². The Morgan fingerprint density at radius 2 is 0.822 bits per heavy atom. The lowest BCUT2D eigenvalue weighted by molar-refractivity contribution is -0.114. The summed E-state index contributed by atoms with van der Waals surface area (Å²) in [5.74, 6) is 1.35. The standard InChI is InChI=1S/C32H56ClNO11/c1-30(35)34-31-6-8-32(9-7-31)45-29-28-44-27-26-43-25-24-42-23-22-41-21-20-40-19-18-39-17-16-38-15-14-37-13-12-36-11-5-3-2-4-10-33/h6-9H,2-5,10-29H2,1H3,(H,34,35). The van der Waals surface area contributed by atoms with Gasteiger partial charge in [-0.2, -0.15) is 0 Å². The molecule has 0 aromatic heterocycles. The third-order valence-corrected chi connectivity index (χ3v) is 6.09. The Bertz CT molecular complexity index is 761. The maximum absolute atomic E-state index is 11.0. The molecule has 0 fully saturated rings. The van der Waals surface area contributed by atoms with Crippen molar-refractivity contribution >= 4 is 23.2 Å². The molecule has 13 heteroatoms. The molecule has 0 aliphatic heterocycles. The molecule has 0 atom stereocenters. The lowest BCUT2D eigenvalue weighted by atomic mass is 10.2. The van der Waals surface area contributed by atoms with Crippen LogP contribution in [0.5, 0.6) is 5.75 Å². The van der Waals surface area contributed by atoms with Gasteiger partial charge in [0.05, 0.1) is 112 Å². The number of hydrogen-bond donors (Lipinski definition) is 1. The van der Waals surface area contributed by atoms with Crippen LogP contribution in [0.25, 0.3) is 0 Å². The van der Waals surface area contributed by atoms with Gasteiger partial charge in [-0.25, -0.2) is 0 Å². The van der Waals surface area contributed by atoms with E-state index in [0.717, 1.165) is 36.8 Å². The van der Waals surface area contributed by atoms with Crippen LogP contribution in [-0.4, -0.2) is 137 Å². The second kappa shape index (κ2) is 33.8. The minimum Gasteiger partial charge on any atom is -0.491 e. The van der Waals surface area contributed by atoms with Crippen LogP contribution >= 0.6 is 11.6 Å². The number of carbonyl (C=O) groups is 1. The number of amides is 1. The van der Waals surface area contributed by atoms with E-state index < -0.39 is 0 Å². The smallest absolute Gasteiger partial charge is 0.221 e. The maximum Gasteiger partial charge on any atom is 0.221 e. The van der Waals surface area contributed by atoms with Gasteiger partial charge in [-0.3, -0.25) is 4.79 Å². The van der Waals surface area contributed by atoms with Crippen LogP contribution in [-0.2, 0) is 47.4 Å². The normalized spacial score (nSPS) is 11.2. The van der Waals surface area contributed by atoms with Crippen molar-refractivity contribution < 1.29 is 52.2 Å². The van der Waals surface area contributed by atoms with Gasteiger partial charge in [0.25, 0.3) is 0 Å². The number of benzene rings is 1. The summed E-state index contributed by atoms with van der Waals surface area (Å²) in [5.41, 5.74) is 0.733. The highest BCUT2D eigenvalue weighted by Gasteiger charge is 1.99. The molecule has 0 aliphatic carbocycles. The zero-order valence-corrected chi connectivity index (χ0v) is 27.9. The largest absolute Gasteiger partial charge is 0.491 e. The first-order chi connectivity index (χ1) is 22.2. The van der Waals surface area contributed by atoms with E-state index in [2.05, 4.69) is 5.32 Å². The maximum atomic E-state index is 11.0. The van der Waals surface area contributed by atoms with Gasteiger partial charge >= 0.3 is 0 Å².